The standard InChI is InChI=1S/C10H20N2O4/c1-2-7-16-10(15)12-6-4-3-5-8(11)9(13)14/h8H,2-7,11H2,1H3,(H,12,15)(H,13,14)/t8-/m1/s1. The molecular weight excluding hydrogens is 212 g/mol. The highest BCUT2D eigenvalue weighted by molar-refractivity contribution is 5.72. The van der Waals surface area contributed by atoms with Crippen LogP contribution in [0.15, 0.2) is 0 Å². The molecule has 0 bridgehead atoms. The van der Waals surface area contributed by atoms with Gasteiger partial charge in [0.2, 0.25) is 0 Å². The molecule has 0 spiro atoms. The molecule has 0 saturated carbocycles. The normalized spacial score (nSPS) is 11.9. The van der Waals surface area contributed by atoms with Gasteiger partial charge >= 0.3 is 12.1 Å². The van der Waals surface area contributed by atoms with Crippen LogP contribution in [0.5, 0.6) is 0 Å². The van der Waals surface area contributed by atoms with Gasteiger partial charge in [-0.25, -0.2) is 4.79 Å². The van der Waals surface area contributed by atoms with Crippen molar-refractivity contribution >= 4 is 12.1 Å². The van der Waals surface area contributed by atoms with Crippen molar-refractivity contribution in [3.8, 4) is 0 Å². The summed E-state index contributed by atoms with van der Waals surface area (Å²) in [5.41, 5.74) is 5.31. The number of nitrogens with one attached hydrogen (secondary N) is 1. The number of carbonyl (C=O) groups excluding carboxylic acids is 1. The van der Waals surface area contributed by atoms with Gasteiger partial charge in [0.1, 0.15) is 6.04 Å². The maximum absolute atomic E-state index is 11.0. The molecule has 0 aromatic rings. The molecule has 94 valence electrons. The summed E-state index contributed by atoms with van der Waals surface area (Å²) in [6.45, 7) is 2.81. The maximum Gasteiger partial charge on any atom is 0.407 e. The number of nitrogens with two attached hydrogens (primary N) is 1. The highest BCUT2D eigenvalue weighted by atomic mass is 16.5. The molecule has 16 heavy (non-hydrogen) atoms. The van der Waals surface area contributed by atoms with Crippen LogP contribution in [0.4, 0.5) is 4.79 Å². The number of unbranched alkanes of at least 4 members (excludes halogenated alkanes) is 1. The Morgan fingerprint density at radius 1 is 1.44 bits per heavy atom. The molecule has 0 rings (SSSR count). The Balaban J connectivity index is 3.33. The third-order valence-electron chi connectivity index (χ3n) is 1.97. The lowest BCUT2D eigenvalue weighted by Gasteiger charge is -2.07. The summed E-state index contributed by atoms with van der Waals surface area (Å²) in [5, 5.41) is 11.1. The Morgan fingerprint density at radius 2 is 2.12 bits per heavy atom. The van der Waals surface area contributed by atoms with Crippen LogP contribution in [0.25, 0.3) is 0 Å². The number of carboxylic acid groups (broad SMARTS) is 1. The quantitative estimate of drug-likeness (QED) is 0.535. The van der Waals surface area contributed by atoms with E-state index in [1.165, 1.54) is 0 Å². The lowest BCUT2D eigenvalue weighted by Crippen LogP contribution is -2.30. The second kappa shape index (κ2) is 8.96. The molecule has 4 N–H and O–H groups in total. The molecule has 0 aliphatic rings. The number of ether oxygens (including phenoxy) is 1. The van der Waals surface area contributed by atoms with Crippen LogP contribution in [0.2, 0.25) is 0 Å². The van der Waals surface area contributed by atoms with Gasteiger partial charge in [-0.2, -0.15) is 0 Å². The molecule has 1 atom stereocenters. The minimum absolute atomic E-state index is 0.412. The first-order valence-corrected chi connectivity index (χ1v) is 5.47. The SMILES string of the molecule is CCCOC(=O)NCCCC[C@@H](N)C(=O)O. The van der Waals surface area contributed by atoms with E-state index in [2.05, 4.69) is 5.32 Å². The molecule has 0 aliphatic heterocycles. The maximum atomic E-state index is 11.0. The summed E-state index contributed by atoms with van der Waals surface area (Å²) in [4.78, 5) is 21.3. The summed E-state index contributed by atoms with van der Waals surface area (Å²) in [7, 11) is 0. The molecular formula is C10H20N2O4. The van der Waals surface area contributed by atoms with E-state index < -0.39 is 18.1 Å². The summed E-state index contributed by atoms with van der Waals surface area (Å²) < 4.78 is 4.79. The monoisotopic (exact) mass is 232 g/mol. The summed E-state index contributed by atoms with van der Waals surface area (Å²) in [5.74, 6) is -0.990. The number of carboxylic acids is 1. The Bertz CT molecular complexity index is 221. The van der Waals surface area contributed by atoms with E-state index in [4.69, 9.17) is 15.6 Å². The summed E-state index contributed by atoms with van der Waals surface area (Å²) >= 11 is 0. The Hall–Kier alpha value is -1.30. The zero-order valence-electron chi connectivity index (χ0n) is 9.57. The van der Waals surface area contributed by atoms with Crippen LogP contribution in [0.1, 0.15) is 32.6 Å². The van der Waals surface area contributed by atoms with Crippen molar-refractivity contribution in [3.63, 3.8) is 0 Å². The molecule has 0 fully saturated rings. The van der Waals surface area contributed by atoms with Gasteiger partial charge in [0, 0.05) is 6.54 Å². The van der Waals surface area contributed by atoms with Gasteiger partial charge in [0.25, 0.3) is 0 Å². The fourth-order valence-corrected chi connectivity index (χ4v) is 1.05. The third-order valence-corrected chi connectivity index (χ3v) is 1.97. The fraction of sp³-hybridized carbons (Fsp3) is 0.800. The highest BCUT2D eigenvalue weighted by Gasteiger charge is 2.10. The lowest BCUT2D eigenvalue weighted by molar-refractivity contribution is -0.138. The molecule has 0 unspecified atom stereocenters. The molecule has 0 saturated heterocycles. The van der Waals surface area contributed by atoms with E-state index >= 15 is 0 Å². The van der Waals surface area contributed by atoms with Crippen molar-refractivity contribution in [3.05, 3.63) is 0 Å². The van der Waals surface area contributed by atoms with E-state index in [1.807, 2.05) is 6.92 Å². The number of amides is 1. The average molecular weight is 232 g/mol. The number of alkyl carbamates (subject to hydrolysis) is 1. The minimum Gasteiger partial charge on any atom is -0.480 e. The molecule has 0 aromatic heterocycles. The zero-order chi connectivity index (χ0) is 12.4. The number of rotatable bonds is 8. The van der Waals surface area contributed by atoms with Crippen LogP contribution in [-0.2, 0) is 9.53 Å². The fourth-order valence-electron chi connectivity index (χ4n) is 1.05. The van der Waals surface area contributed by atoms with Crippen molar-refractivity contribution in [1.82, 2.24) is 5.32 Å². The second-order valence-electron chi connectivity index (χ2n) is 3.50. The van der Waals surface area contributed by atoms with Gasteiger partial charge in [-0.3, -0.25) is 4.79 Å². The van der Waals surface area contributed by atoms with E-state index in [9.17, 15) is 9.59 Å². The molecule has 0 aromatic carbocycles. The Labute approximate surface area is 95.1 Å². The van der Waals surface area contributed by atoms with E-state index in [0.29, 0.717) is 32.4 Å². The Morgan fingerprint density at radius 3 is 2.69 bits per heavy atom. The highest BCUT2D eigenvalue weighted by Crippen LogP contribution is 1.98. The van der Waals surface area contributed by atoms with Crippen LogP contribution in [0.3, 0.4) is 0 Å². The zero-order valence-corrected chi connectivity index (χ0v) is 9.57. The molecule has 0 heterocycles. The van der Waals surface area contributed by atoms with Crippen molar-refractivity contribution in [2.24, 2.45) is 5.73 Å². The number of aliphatic carboxylic acids is 1. The van der Waals surface area contributed by atoms with E-state index in [1.54, 1.807) is 0 Å². The van der Waals surface area contributed by atoms with Gasteiger partial charge < -0.3 is 20.9 Å². The van der Waals surface area contributed by atoms with Crippen LogP contribution in [-0.4, -0.2) is 36.4 Å². The summed E-state index contributed by atoms with van der Waals surface area (Å²) in [6, 6.07) is -0.813. The smallest absolute Gasteiger partial charge is 0.407 e. The lowest BCUT2D eigenvalue weighted by atomic mass is 10.1. The molecule has 0 aliphatic carbocycles. The average Bonchev–Trinajstić information content (AvgIpc) is 2.25. The molecule has 6 nitrogen and oxygen atoms in total. The predicted octanol–water partition coefficient (Wildman–Crippen LogP) is 0.705. The van der Waals surface area contributed by atoms with Gasteiger partial charge in [-0.15, -0.1) is 0 Å². The number of hydrogen-bond donors (Lipinski definition) is 3. The number of hydrogen-bond acceptors (Lipinski definition) is 4. The first-order chi connectivity index (χ1) is 7.57. The van der Waals surface area contributed by atoms with Gasteiger partial charge in [0.15, 0.2) is 0 Å². The molecule has 0 radical (unpaired) electrons. The van der Waals surface area contributed by atoms with E-state index in [0.717, 1.165) is 6.42 Å². The largest absolute Gasteiger partial charge is 0.480 e. The second-order valence-corrected chi connectivity index (χ2v) is 3.50. The molecule has 6 heteroatoms. The number of carbonyl (C=O) groups is 2. The third kappa shape index (κ3) is 8.05. The van der Waals surface area contributed by atoms with Gasteiger partial charge in [-0.1, -0.05) is 6.92 Å². The first-order valence-electron chi connectivity index (χ1n) is 5.47. The summed E-state index contributed by atoms with van der Waals surface area (Å²) in [6.07, 6.45) is 2.15. The van der Waals surface area contributed by atoms with Crippen LogP contribution in [0, 0.1) is 0 Å². The molecule has 1 amide bonds. The first kappa shape index (κ1) is 14.7. The van der Waals surface area contributed by atoms with Crippen molar-refractivity contribution in [2.75, 3.05) is 13.2 Å². The minimum atomic E-state index is -0.990. The Kier molecular flexibility index (Phi) is 8.24. The topological polar surface area (TPSA) is 102 Å². The van der Waals surface area contributed by atoms with Crippen molar-refractivity contribution in [2.45, 2.75) is 38.6 Å². The van der Waals surface area contributed by atoms with Crippen LogP contribution < -0.4 is 11.1 Å². The van der Waals surface area contributed by atoms with Gasteiger partial charge in [0.05, 0.1) is 6.61 Å². The van der Waals surface area contributed by atoms with Gasteiger partial charge in [-0.05, 0) is 25.7 Å². The van der Waals surface area contributed by atoms with Crippen LogP contribution >= 0.6 is 0 Å². The van der Waals surface area contributed by atoms with Crippen molar-refractivity contribution < 1.29 is 19.4 Å². The van der Waals surface area contributed by atoms with E-state index in [-0.39, 0.29) is 0 Å². The van der Waals surface area contributed by atoms with Crippen molar-refractivity contribution in [1.29, 1.82) is 0 Å². The predicted molar refractivity (Wildman–Crippen MR) is 59.1 cm³/mol.